The number of amides is 2. The molecule has 3 aromatic rings. The topological polar surface area (TPSA) is 76.0 Å². The van der Waals surface area contributed by atoms with Crippen LogP contribution >= 0.6 is 0 Å². The van der Waals surface area contributed by atoms with E-state index in [0.717, 1.165) is 41.9 Å². The number of anilines is 2. The van der Waals surface area contributed by atoms with Gasteiger partial charge in [0.1, 0.15) is 5.82 Å². The Bertz CT molecular complexity index is 1100. The number of benzene rings is 2. The first-order valence-electron chi connectivity index (χ1n) is 9.20. The standard InChI is InChI=1S/C21H22N4O2/c1-13-6-8-17(14(2)11-13)24-21(27)22-15-7-9-18-16(12-15)20(26)25-10-4-3-5-19(25)23-18/h6-9,11-12H,3-5,10H2,1-2H3,(H2,22,24,27). The summed E-state index contributed by atoms with van der Waals surface area (Å²) in [7, 11) is 0. The minimum Gasteiger partial charge on any atom is -0.308 e. The molecule has 0 fully saturated rings. The summed E-state index contributed by atoms with van der Waals surface area (Å²) >= 11 is 0. The third kappa shape index (κ3) is 3.43. The molecule has 1 aliphatic heterocycles. The van der Waals surface area contributed by atoms with Crippen molar-refractivity contribution in [3.05, 3.63) is 63.7 Å². The van der Waals surface area contributed by atoms with E-state index < -0.39 is 0 Å². The number of nitrogens with one attached hydrogen (secondary N) is 2. The molecule has 2 amide bonds. The molecule has 1 aromatic heterocycles. The van der Waals surface area contributed by atoms with Gasteiger partial charge in [-0.25, -0.2) is 9.78 Å². The summed E-state index contributed by atoms with van der Waals surface area (Å²) in [5.74, 6) is 0.854. The van der Waals surface area contributed by atoms with Crippen molar-refractivity contribution < 1.29 is 4.79 Å². The third-order valence-electron chi connectivity index (χ3n) is 4.95. The predicted octanol–water partition coefficient (Wildman–Crippen LogP) is 3.99. The van der Waals surface area contributed by atoms with Gasteiger partial charge in [0, 0.05) is 24.3 Å². The highest BCUT2D eigenvalue weighted by Gasteiger charge is 2.15. The molecule has 27 heavy (non-hydrogen) atoms. The summed E-state index contributed by atoms with van der Waals surface area (Å²) < 4.78 is 1.76. The van der Waals surface area contributed by atoms with Crippen LogP contribution in [0.4, 0.5) is 16.2 Å². The smallest absolute Gasteiger partial charge is 0.308 e. The lowest BCUT2D eigenvalue weighted by molar-refractivity contribution is 0.262. The van der Waals surface area contributed by atoms with E-state index >= 15 is 0 Å². The Labute approximate surface area is 157 Å². The Morgan fingerprint density at radius 1 is 1.07 bits per heavy atom. The Morgan fingerprint density at radius 3 is 2.74 bits per heavy atom. The molecular weight excluding hydrogens is 340 g/mol. The van der Waals surface area contributed by atoms with Gasteiger partial charge in [-0.2, -0.15) is 0 Å². The number of aryl methyl sites for hydroxylation is 3. The highest BCUT2D eigenvalue weighted by molar-refractivity contribution is 6.01. The first-order valence-corrected chi connectivity index (χ1v) is 9.20. The fraction of sp³-hybridized carbons (Fsp3) is 0.286. The summed E-state index contributed by atoms with van der Waals surface area (Å²) in [6.07, 6.45) is 2.90. The minimum absolute atomic E-state index is 0.0341. The van der Waals surface area contributed by atoms with Crippen LogP contribution in [-0.2, 0) is 13.0 Å². The minimum atomic E-state index is -0.340. The summed E-state index contributed by atoms with van der Waals surface area (Å²) in [6.45, 7) is 4.67. The summed E-state index contributed by atoms with van der Waals surface area (Å²) in [5, 5.41) is 6.19. The van der Waals surface area contributed by atoms with Gasteiger partial charge in [0.2, 0.25) is 0 Å². The lowest BCUT2D eigenvalue weighted by atomic mass is 10.1. The van der Waals surface area contributed by atoms with Gasteiger partial charge >= 0.3 is 6.03 Å². The van der Waals surface area contributed by atoms with Crippen LogP contribution in [-0.4, -0.2) is 15.6 Å². The van der Waals surface area contributed by atoms with E-state index in [1.54, 1.807) is 22.8 Å². The van der Waals surface area contributed by atoms with Gasteiger partial charge in [-0.05, 0) is 56.5 Å². The molecule has 0 unspecified atom stereocenters. The molecule has 4 rings (SSSR count). The van der Waals surface area contributed by atoms with Crippen LogP contribution in [0.3, 0.4) is 0 Å². The van der Waals surface area contributed by atoms with E-state index in [-0.39, 0.29) is 11.6 Å². The van der Waals surface area contributed by atoms with Gasteiger partial charge in [0.05, 0.1) is 10.9 Å². The lowest BCUT2D eigenvalue weighted by Crippen LogP contribution is -2.28. The van der Waals surface area contributed by atoms with E-state index in [9.17, 15) is 9.59 Å². The van der Waals surface area contributed by atoms with Crippen molar-refractivity contribution in [2.45, 2.75) is 39.7 Å². The summed E-state index contributed by atoms with van der Waals surface area (Å²) in [6, 6.07) is 10.8. The molecule has 1 aliphatic rings. The van der Waals surface area contributed by atoms with Crippen LogP contribution < -0.4 is 16.2 Å². The third-order valence-corrected chi connectivity index (χ3v) is 4.95. The number of aromatic nitrogens is 2. The van der Waals surface area contributed by atoms with E-state index in [0.29, 0.717) is 23.1 Å². The second kappa shape index (κ2) is 6.87. The van der Waals surface area contributed by atoms with E-state index in [2.05, 4.69) is 15.6 Å². The maximum Gasteiger partial charge on any atom is 0.323 e. The molecule has 0 radical (unpaired) electrons. The summed E-state index contributed by atoms with van der Waals surface area (Å²) in [4.78, 5) is 29.7. The van der Waals surface area contributed by atoms with Crippen molar-refractivity contribution in [1.82, 2.24) is 9.55 Å². The van der Waals surface area contributed by atoms with Crippen molar-refractivity contribution in [2.75, 3.05) is 10.6 Å². The van der Waals surface area contributed by atoms with E-state index in [1.165, 1.54) is 0 Å². The Balaban J connectivity index is 1.59. The first kappa shape index (κ1) is 17.3. The number of fused-ring (bicyclic) bond motifs is 2. The molecular formula is C21H22N4O2. The maximum absolute atomic E-state index is 12.8. The zero-order valence-corrected chi connectivity index (χ0v) is 15.5. The average molecular weight is 362 g/mol. The molecule has 138 valence electrons. The largest absolute Gasteiger partial charge is 0.323 e. The average Bonchev–Trinajstić information content (AvgIpc) is 2.65. The van der Waals surface area contributed by atoms with Gasteiger partial charge in [0.25, 0.3) is 5.56 Å². The predicted molar refractivity (Wildman–Crippen MR) is 107 cm³/mol. The van der Waals surface area contributed by atoms with Gasteiger partial charge in [-0.15, -0.1) is 0 Å². The molecule has 0 aliphatic carbocycles. The fourth-order valence-electron chi connectivity index (χ4n) is 3.56. The van der Waals surface area contributed by atoms with Crippen LogP contribution in [0, 0.1) is 13.8 Å². The molecule has 2 heterocycles. The van der Waals surface area contributed by atoms with Crippen LogP contribution in [0.15, 0.2) is 41.2 Å². The lowest BCUT2D eigenvalue weighted by Gasteiger charge is -2.18. The van der Waals surface area contributed by atoms with E-state index in [1.807, 2.05) is 32.0 Å². The number of urea groups is 1. The van der Waals surface area contributed by atoms with Gasteiger partial charge in [-0.1, -0.05) is 17.7 Å². The van der Waals surface area contributed by atoms with Crippen LogP contribution in [0.25, 0.3) is 10.9 Å². The highest BCUT2D eigenvalue weighted by atomic mass is 16.2. The van der Waals surface area contributed by atoms with Gasteiger partial charge in [-0.3, -0.25) is 9.36 Å². The second-order valence-corrected chi connectivity index (χ2v) is 7.07. The number of hydrogen-bond donors (Lipinski definition) is 2. The van der Waals surface area contributed by atoms with Crippen molar-refractivity contribution in [1.29, 1.82) is 0 Å². The molecule has 0 spiro atoms. The number of hydrogen-bond acceptors (Lipinski definition) is 3. The molecule has 6 heteroatoms. The first-order chi connectivity index (χ1) is 13.0. The molecule has 2 aromatic carbocycles. The van der Waals surface area contributed by atoms with Crippen LogP contribution in [0.1, 0.15) is 29.8 Å². The molecule has 2 N–H and O–H groups in total. The van der Waals surface area contributed by atoms with E-state index in [4.69, 9.17) is 0 Å². The maximum atomic E-state index is 12.8. The monoisotopic (exact) mass is 362 g/mol. The van der Waals surface area contributed by atoms with Crippen LogP contribution in [0.2, 0.25) is 0 Å². The molecule has 0 saturated heterocycles. The Hall–Kier alpha value is -3.15. The van der Waals surface area contributed by atoms with Crippen molar-refractivity contribution in [2.24, 2.45) is 0 Å². The molecule has 0 saturated carbocycles. The zero-order chi connectivity index (χ0) is 19.0. The Morgan fingerprint density at radius 2 is 1.93 bits per heavy atom. The van der Waals surface area contributed by atoms with Gasteiger partial charge in [0.15, 0.2) is 0 Å². The van der Waals surface area contributed by atoms with Crippen molar-refractivity contribution in [3.63, 3.8) is 0 Å². The molecule has 0 atom stereocenters. The fourth-order valence-corrected chi connectivity index (χ4v) is 3.56. The zero-order valence-electron chi connectivity index (χ0n) is 15.5. The van der Waals surface area contributed by atoms with Crippen LogP contribution in [0.5, 0.6) is 0 Å². The normalized spacial score (nSPS) is 13.3. The SMILES string of the molecule is Cc1ccc(NC(=O)Nc2ccc3nc4n(c(=O)c3c2)CCCC4)c(C)c1. The molecule has 0 bridgehead atoms. The summed E-state index contributed by atoms with van der Waals surface area (Å²) in [5.41, 5.74) is 4.11. The molecule has 6 nitrogen and oxygen atoms in total. The Kier molecular flexibility index (Phi) is 4.39. The quantitative estimate of drug-likeness (QED) is 0.724. The van der Waals surface area contributed by atoms with Gasteiger partial charge < -0.3 is 10.6 Å². The number of rotatable bonds is 2. The second-order valence-electron chi connectivity index (χ2n) is 7.07. The number of carbonyl (C=O) groups excluding carboxylic acids is 1. The van der Waals surface area contributed by atoms with Crippen molar-refractivity contribution >= 4 is 28.3 Å². The number of nitrogens with zero attached hydrogens (tertiary/aromatic N) is 2. The van der Waals surface area contributed by atoms with Crippen molar-refractivity contribution in [3.8, 4) is 0 Å². The highest BCUT2D eigenvalue weighted by Crippen LogP contribution is 2.20. The number of carbonyl (C=O) groups is 1.